The van der Waals surface area contributed by atoms with E-state index in [-0.39, 0.29) is 0 Å². The summed E-state index contributed by atoms with van der Waals surface area (Å²) in [5, 5.41) is 10.7. The van der Waals surface area contributed by atoms with Crippen LogP contribution in [0.4, 0.5) is 0 Å². The molecule has 0 aromatic heterocycles. The summed E-state index contributed by atoms with van der Waals surface area (Å²) in [5.74, 6) is 0.843. The van der Waals surface area contributed by atoms with Crippen LogP contribution in [-0.2, 0) is 12.0 Å². The molecule has 3 heteroatoms. The normalized spacial score (nSPS) is 24.8. The maximum absolute atomic E-state index is 10.7. The molecule has 0 bridgehead atoms. The minimum absolute atomic E-state index is 0.466. The number of hydrogen-bond acceptors (Lipinski definition) is 3. The van der Waals surface area contributed by atoms with Crippen LogP contribution in [-0.4, -0.2) is 17.8 Å². The third kappa shape index (κ3) is 2.09. The second kappa shape index (κ2) is 5.27. The van der Waals surface area contributed by atoms with Crippen LogP contribution in [0, 0.1) is 0 Å². The number of fused-ring (bicyclic) bond motifs is 1. The standard InChI is InChI=1S/C17H19NO2/c18-11-10-17(14-7-2-1-3-8-14)16(19)12-13-6-4-5-9-15(13)20-17/h1-9,16,19H,10-12,18H2. The van der Waals surface area contributed by atoms with Gasteiger partial charge in [-0.2, -0.15) is 0 Å². The number of aliphatic hydroxyl groups is 1. The fourth-order valence-electron chi connectivity index (χ4n) is 2.96. The summed E-state index contributed by atoms with van der Waals surface area (Å²) in [7, 11) is 0. The highest BCUT2D eigenvalue weighted by Gasteiger charge is 2.44. The zero-order valence-corrected chi connectivity index (χ0v) is 11.3. The molecule has 0 amide bonds. The van der Waals surface area contributed by atoms with Gasteiger partial charge in [0.1, 0.15) is 11.9 Å². The summed E-state index contributed by atoms with van der Waals surface area (Å²) in [5.41, 5.74) is 7.05. The van der Waals surface area contributed by atoms with E-state index in [1.807, 2.05) is 54.6 Å². The van der Waals surface area contributed by atoms with Crippen LogP contribution < -0.4 is 10.5 Å². The van der Waals surface area contributed by atoms with Gasteiger partial charge >= 0.3 is 0 Å². The molecule has 0 saturated carbocycles. The summed E-state index contributed by atoms with van der Waals surface area (Å²) in [4.78, 5) is 0. The zero-order valence-electron chi connectivity index (χ0n) is 11.3. The number of ether oxygens (including phenoxy) is 1. The van der Waals surface area contributed by atoms with Crippen LogP contribution in [0.3, 0.4) is 0 Å². The van der Waals surface area contributed by atoms with E-state index in [4.69, 9.17) is 10.5 Å². The molecule has 20 heavy (non-hydrogen) atoms. The molecule has 3 rings (SSSR count). The van der Waals surface area contributed by atoms with Crippen LogP contribution in [0.25, 0.3) is 0 Å². The number of rotatable bonds is 3. The lowest BCUT2D eigenvalue weighted by atomic mass is 9.80. The average Bonchev–Trinajstić information content (AvgIpc) is 2.49. The number of para-hydroxylation sites is 1. The largest absolute Gasteiger partial charge is 0.479 e. The predicted molar refractivity (Wildman–Crippen MR) is 78.6 cm³/mol. The molecule has 1 aliphatic heterocycles. The molecule has 2 aromatic rings. The van der Waals surface area contributed by atoms with Gasteiger partial charge in [-0.25, -0.2) is 0 Å². The van der Waals surface area contributed by atoms with Crippen molar-refractivity contribution < 1.29 is 9.84 Å². The van der Waals surface area contributed by atoms with E-state index >= 15 is 0 Å². The fraction of sp³-hybridized carbons (Fsp3) is 0.294. The van der Waals surface area contributed by atoms with Crippen molar-refractivity contribution in [2.45, 2.75) is 24.5 Å². The van der Waals surface area contributed by atoms with Gasteiger partial charge < -0.3 is 15.6 Å². The van der Waals surface area contributed by atoms with Crippen molar-refractivity contribution in [2.75, 3.05) is 6.54 Å². The summed E-state index contributed by atoms with van der Waals surface area (Å²) >= 11 is 0. The van der Waals surface area contributed by atoms with E-state index < -0.39 is 11.7 Å². The fourth-order valence-corrected chi connectivity index (χ4v) is 2.96. The molecular weight excluding hydrogens is 250 g/mol. The molecule has 0 aliphatic carbocycles. The van der Waals surface area contributed by atoms with Gasteiger partial charge in [-0.1, -0.05) is 48.5 Å². The topological polar surface area (TPSA) is 55.5 Å². The monoisotopic (exact) mass is 269 g/mol. The van der Waals surface area contributed by atoms with E-state index in [2.05, 4.69) is 0 Å². The van der Waals surface area contributed by atoms with E-state index in [0.717, 1.165) is 16.9 Å². The molecular formula is C17H19NO2. The Labute approximate surface area is 119 Å². The lowest BCUT2D eigenvalue weighted by Gasteiger charge is -2.42. The number of hydrogen-bond donors (Lipinski definition) is 2. The number of benzene rings is 2. The third-order valence-corrected chi connectivity index (χ3v) is 3.99. The lowest BCUT2D eigenvalue weighted by Crippen LogP contribution is -2.50. The second-order valence-electron chi connectivity index (χ2n) is 5.22. The van der Waals surface area contributed by atoms with Gasteiger partial charge in [0.05, 0.1) is 0 Å². The Morgan fingerprint density at radius 3 is 2.55 bits per heavy atom. The number of nitrogens with two attached hydrogens (primary N) is 1. The second-order valence-corrected chi connectivity index (χ2v) is 5.22. The van der Waals surface area contributed by atoms with Crippen molar-refractivity contribution in [1.29, 1.82) is 0 Å². The van der Waals surface area contributed by atoms with Gasteiger partial charge in [0, 0.05) is 12.8 Å². The van der Waals surface area contributed by atoms with Crippen LogP contribution >= 0.6 is 0 Å². The first kappa shape index (κ1) is 13.2. The Hall–Kier alpha value is -1.84. The molecule has 3 nitrogen and oxygen atoms in total. The SMILES string of the molecule is NCCC1(c2ccccc2)Oc2ccccc2CC1O. The zero-order chi connectivity index (χ0) is 14.0. The molecule has 1 aliphatic rings. The maximum Gasteiger partial charge on any atom is 0.161 e. The highest BCUT2D eigenvalue weighted by Crippen LogP contribution is 2.41. The van der Waals surface area contributed by atoms with E-state index in [1.165, 1.54) is 0 Å². The molecule has 0 radical (unpaired) electrons. The predicted octanol–water partition coefficient (Wildman–Crippen LogP) is 2.23. The molecule has 0 fully saturated rings. The van der Waals surface area contributed by atoms with Crippen molar-refractivity contribution in [3.05, 3.63) is 65.7 Å². The minimum Gasteiger partial charge on any atom is -0.479 e. The summed E-state index contributed by atoms with van der Waals surface area (Å²) in [6.07, 6.45) is 0.584. The van der Waals surface area contributed by atoms with E-state index in [1.54, 1.807) is 0 Å². The summed E-state index contributed by atoms with van der Waals surface area (Å²) in [6, 6.07) is 17.7. The van der Waals surface area contributed by atoms with Crippen molar-refractivity contribution in [3.63, 3.8) is 0 Å². The Kier molecular flexibility index (Phi) is 3.47. The van der Waals surface area contributed by atoms with E-state index in [9.17, 15) is 5.11 Å². The molecule has 0 saturated heterocycles. The van der Waals surface area contributed by atoms with Crippen molar-refractivity contribution in [2.24, 2.45) is 5.73 Å². The molecule has 2 unspecified atom stereocenters. The Morgan fingerprint density at radius 2 is 1.80 bits per heavy atom. The highest BCUT2D eigenvalue weighted by atomic mass is 16.5. The number of aliphatic hydroxyl groups excluding tert-OH is 1. The summed E-state index contributed by atoms with van der Waals surface area (Å²) in [6.45, 7) is 0.466. The van der Waals surface area contributed by atoms with Gasteiger partial charge in [0.15, 0.2) is 5.60 Å². The van der Waals surface area contributed by atoms with Crippen molar-refractivity contribution in [3.8, 4) is 5.75 Å². The molecule has 3 N–H and O–H groups in total. The van der Waals surface area contributed by atoms with Gasteiger partial charge in [-0.05, 0) is 23.7 Å². The van der Waals surface area contributed by atoms with Crippen LogP contribution in [0.1, 0.15) is 17.5 Å². The molecule has 0 spiro atoms. The molecule has 2 aromatic carbocycles. The van der Waals surface area contributed by atoms with Gasteiger partial charge in [-0.3, -0.25) is 0 Å². The third-order valence-electron chi connectivity index (χ3n) is 3.99. The molecule has 1 heterocycles. The first-order valence-corrected chi connectivity index (χ1v) is 6.97. The average molecular weight is 269 g/mol. The minimum atomic E-state index is -0.746. The van der Waals surface area contributed by atoms with Crippen LogP contribution in [0.2, 0.25) is 0 Å². The first-order chi connectivity index (χ1) is 9.76. The summed E-state index contributed by atoms with van der Waals surface area (Å²) < 4.78 is 6.23. The van der Waals surface area contributed by atoms with Gasteiger partial charge in [0.25, 0.3) is 0 Å². The van der Waals surface area contributed by atoms with E-state index in [0.29, 0.717) is 19.4 Å². The Bertz CT molecular complexity index is 585. The first-order valence-electron chi connectivity index (χ1n) is 6.97. The Morgan fingerprint density at radius 1 is 1.10 bits per heavy atom. The van der Waals surface area contributed by atoms with Gasteiger partial charge in [-0.15, -0.1) is 0 Å². The van der Waals surface area contributed by atoms with Crippen LogP contribution in [0.15, 0.2) is 54.6 Å². The molecule has 104 valence electrons. The highest BCUT2D eigenvalue weighted by molar-refractivity contribution is 5.40. The van der Waals surface area contributed by atoms with Crippen LogP contribution in [0.5, 0.6) is 5.75 Å². The maximum atomic E-state index is 10.7. The lowest BCUT2D eigenvalue weighted by molar-refractivity contribution is -0.0762. The van der Waals surface area contributed by atoms with Gasteiger partial charge in [0.2, 0.25) is 0 Å². The Balaban J connectivity index is 2.08. The molecule has 2 atom stereocenters. The quantitative estimate of drug-likeness (QED) is 0.898. The smallest absolute Gasteiger partial charge is 0.161 e. The van der Waals surface area contributed by atoms with Crippen molar-refractivity contribution in [1.82, 2.24) is 0 Å². The van der Waals surface area contributed by atoms with Crippen molar-refractivity contribution >= 4 is 0 Å².